The first-order valence-electron chi connectivity index (χ1n) is 6.47. The molecule has 106 valence electrons. The van der Waals surface area contributed by atoms with Crippen LogP contribution in [0.4, 0.5) is 0 Å². The maximum atomic E-state index is 11.7. The van der Waals surface area contributed by atoms with Gasteiger partial charge in [0.25, 0.3) is 0 Å². The average molecular weight is 274 g/mol. The summed E-state index contributed by atoms with van der Waals surface area (Å²) in [5.74, 6) is 1.39. The molecule has 1 aromatic heterocycles. The van der Waals surface area contributed by atoms with Gasteiger partial charge in [-0.25, -0.2) is 4.98 Å². The second-order valence-electron chi connectivity index (χ2n) is 4.49. The number of nitrogens with zero attached hydrogens (tertiary/aromatic N) is 1. The molecule has 0 aliphatic rings. The first kappa shape index (κ1) is 14.1. The lowest BCUT2D eigenvalue weighted by Crippen LogP contribution is -2.27. The standard InChI is InChI=1S/C15H18N2O3/c1-11-14(20-10-17-11)9-15(18)16-8-7-12-3-5-13(19-2)6-4-12/h3-6,10H,7-9H2,1-2H3,(H,16,18). The normalized spacial score (nSPS) is 10.3. The number of methoxy groups -OCH3 is 1. The number of carbonyl (C=O) groups is 1. The van der Waals surface area contributed by atoms with E-state index in [9.17, 15) is 4.79 Å². The zero-order valence-electron chi connectivity index (χ0n) is 11.7. The fraction of sp³-hybridized carbons (Fsp3) is 0.333. The molecular formula is C15H18N2O3. The van der Waals surface area contributed by atoms with Gasteiger partial charge in [-0.1, -0.05) is 12.1 Å². The van der Waals surface area contributed by atoms with Gasteiger partial charge in [-0.2, -0.15) is 0 Å². The summed E-state index contributed by atoms with van der Waals surface area (Å²) < 4.78 is 10.2. The van der Waals surface area contributed by atoms with Gasteiger partial charge in [0.15, 0.2) is 6.39 Å². The molecule has 0 unspecified atom stereocenters. The lowest BCUT2D eigenvalue weighted by Gasteiger charge is -2.05. The van der Waals surface area contributed by atoms with E-state index in [4.69, 9.17) is 9.15 Å². The lowest BCUT2D eigenvalue weighted by atomic mass is 10.1. The molecule has 5 heteroatoms. The monoisotopic (exact) mass is 274 g/mol. The third kappa shape index (κ3) is 3.85. The molecule has 1 aromatic carbocycles. The smallest absolute Gasteiger partial charge is 0.227 e. The van der Waals surface area contributed by atoms with E-state index in [2.05, 4.69) is 10.3 Å². The maximum absolute atomic E-state index is 11.7. The summed E-state index contributed by atoms with van der Waals surface area (Å²) in [5, 5.41) is 2.87. The fourth-order valence-corrected chi connectivity index (χ4v) is 1.84. The van der Waals surface area contributed by atoms with Crippen LogP contribution in [0, 0.1) is 6.92 Å². The predicted octanol–water partition coefficient (Wildman–Crippen LogP) is 1.89. The quantitative estimate of drug-likeness (QED) is 0.873. The summed E-state index contributed by atoms with van der Waals surface area (Å²) in [4.78, 5) is 15.7. The molecule has 0 aliphatic carbocycles. The molecule has 1 N–H and O–H groups in total. The highest BCUT2D eigenvalue weighted by atomic mass is 16.5. The Labute approximate surface area is 118 Å². The Morgan fingerprint density at radius 3 is 2.70 bits per heavy atom. The molecule has 0 spiro atoms. The van der Waals surface area contributed by atoms with Crippen molar-refractivity contribution in [2.75, 3.05) is 13.7 Å². The van der Waals surface area contributed by atoms with Crippen LogP contribution in [0.15, 0.2) is 35.1 Å². The highest BCUT2D eigenvalue weighted by molar-refractivity contribution is 5.78. The molecule has 0 radical (unpaired) electrons. The van der Waals surface area contributed by atoms with Gasteiger partial charge in [0, 0.05) is 6.54 Å². The van der Waals surface area contributed by atoms with Gasteiger partial charge in [0.2, 0.25) is 5.91 Å². The largest absolute Gasteiger partial charge is 0.497 e. The van der Waals surface area contributed by atoms with Gasteiger partial charge in [-0.15, -0.1) is 0 Å². The number of hydrogen-bond donors (Lipinski definition) is 1. The van der Waals surface area contributed by atoms with E-state index < -0.39 is 0 Å². The second-order valence-corrected chi connectivity index (χ2v) is 4.49. The summed E-state index contributed by atoms with van der Waals surface area (Å²) >= 11 is 0. The third-order valence-electron chi connectivity index (χ3n) is 3.06. The van der Waals surface area contributed by atoms with Gasteiger partial charge >= 0.3 is 0 Å². The highest BCUT2D eigenvalue weighted by Crippen LogP contribution is 2.11. The highest BCUT2D eigenvalue weighted by Gasteiger charge is 2.09. The van der Waals surface area contributed by atoms with Gasteiger partial charge in [0.1, 0.15) is 11.5 Å². The SMILES string of the molecule is COc1ccc(CCNC(=O)Cc2ocnc2C)cc1. The Morgan fingerprint density at radius 2 is 2.10 bits per heavy atom. The molecule has 5 nitrogen and oxygen atoms in total. The van der Waals surface area contributed by atoms with E-state index >= 15 is 0 Å². The van der Waals surface area contributed by atoms with Gasteiger partial charge in [-0.3, -0.25) is 4.79 Å². The number of rotatable bonds is 6. The Kier molecular flexibility index (Phi) is 4.76. The number of ether oxygens (including phenoxy) is 1. The average Bonchev–Trinajstić information content (AvgIpc) is 2.85. The van der Waals surface area contributed by atoms with E-state index in [-0.39, 0.29) is 12.3 Å². The van der Waals surface area contributed by atoms with Gasteiger partial charge < -0.3 is 14.5 Å². The number of oxazole rings is 1. The van der Waals surface area contributed by atoms with Gasteiger partial charge in [0.05, 0.1) is 19.2 Å². The minimum atomic E-state index is -0.0571. The van der Waals surface area contributed by atoms with Crippen molar-refractivity contribution in [2.24, 2.45) is 0 Å². The number of aryl methyl sites for hydroxylation is 1. The first-order chi connectivity index (χ1) is 9.69. The maximum Gasteiger partial charge on any atom is 0.227 e. The Hall–Kier alpha value is -2.30. The Bertz CT molecular complexity index is 561. The molecule has 1 heterocycles. The number of carbonyl (C=O) groups excluding carboxylic acids is 1. The second kappa shape index (κ2) is 6.75. The number of benzene rings is 1. The number of amides is 1. The third-order valence-corrected chi connectivity index (χ3v) is 3.06. The first-order valence-corrected chi connectivity index (χ1v) is 6.47. The lowest BCUT2D eigenvalue weighted by molar-refractivity contribution is -0.120. The molecular weight excluding hydrogens is 256 g/mol. The van der Waals surface area contributed by atoms with Crippen LogP contribution >= 0.6 is 0 Å². The van der Waals surface area contributed by atoms with E-state index in [1.165, 1.54) is 6.39 Å². The van der Waals surface area contributed by atoms with Crippen molar-refractivity contribution < 1.29 is 13.9 Å². The Balaban J connectivity index is 1.75. The van der Waals surface area contributed by atoms with Crippen molar-refractivity contribution in [1.29, 1.82) is 0 Å². The van der Waals surface area contributed by atoms with Crippen LogP contribution in [0.3, 0.4) is 0 Å². The molecule has 0 saturated carbocycles. The van der Waals surface area contributed by atoms with Crippen molar-refractivity contribution in [3.05, 3.63) is 47.7 Å². The van der Waals surface area contributed by atoms with E-state index in [1.807, 2.05) is 31.2 Å². The topological polar surface area (TPSA) is 64.4 Å². The summed E-state index contributed by atoms with van der Waals surface area (Å²) in [6, 6.07) is 7.81. The van der Waals surface area contributed by atoms with Crippen LogP contribution in [0.1, 0.15) is 17.0 Å². The van der Waals surface area contributed by atoms with Crippen LogP contribution < -0.4 is 10.1 Å². The van der Waals surface area contributed by atoms with Crippen LogP contribution in [0.2, 0.25) is 0 Å². The molecule has 0 aliphatic heterocycles. The summed E-state index contributed by atoms with van der Waals surface area (Å²) in [7, 11) is 1.64. The van der Waals surface area contributed by atoms with E-state index in [0.29, 0.717) is 12.3 Å². The van der Waals surface area contributed by atoms with Crippen LogP contribution in [0.5, 0.6) is 5.75 Å². The van der Waals surface area contributed by atoms with Crippen molar-refractivity contribution in [1.82, 2.24) is 10.3 Å². The van der Waals surface area contributed by atoms with Crippen LogP contribution in [-0.4, -0.2) is 24.5 Å². The van der Waals surface area contributed by atoms with Crippen molar-refractivity contribution in [3.8, 4) is 5.75 Å². The van der Waals surface area contributed by atoms with Gasteiger partial charge in [-0.05, 0) is 31.0 Å². The molecule has 20 heavy (non-hydrogen) atoms. The van der Waals surface area contributed by atoms with Crippen molar-refractivity contribution >= 4 is 5.91 Å². The molecule has 2 rings (SSSR count). The van der Waals surface area contributed by atoms with E-state index in [0.717, 1.165) is 23.4 Å². The van der Waals surface area contributed by atoms with Crippen molar-refractivity contribution in [2.45, 2.75) is 19.8 Å². The zero-order chi connectivity index (χ0) is 14.4. The molecule has 0 atom stereocenters. The summed E-state index contributed by atoms with van der Waals surface area (Å²) in [6.07, 6.45) is 2.37. The number of hydrogen-bond acceptors (Lipinski definition) is 4. The molecule has 0 saturated heterocycles. The summed E-state index contributed by atoms with van der Waals surface area (Å²) in [5.41, 5.74) is 1.91. The predicted molar refractivity (Wildman–Crippen MR) is 74.7 cm³/mol. The van der Waals surface area contributed by atoms with Crippen LogP contribution in [-0.2, 0) is 17.6 Å². The number of nitrogens with one attached hydrogen (secondary N) is 1. The number of aromatic nitrogens is 1. The van der Waals surface area contributed by atoms with Crippen LogP contribution in [0.25, 0.3) is 0 Å². The molecule has 0 bridgehead atoms. The van der Waals surface area contributed by atoms with Crippen molar-refractivity contribution in [3.63, 3.8) is 0 Å². The zero-order valence-corrected chi connectivity index (χ0v) is 11.7. The molecule has 0 fully saturated rings. The molecule has 1 amide bonds. The van der Waals surface area contributed by atoms with E-state index in [1.54, 1.807) is 7.11 Å². The minimum Gasteiger partial charge on any atom is -0.497 e. The molecule has 2 aromatic rings. The summed E-state index contributed by atoms with van der Waals surface area (Å²) in [6.45, 7) is 2.42. The fourth-order valence-electron chi connectivity index (χ4n) is 1.84. The Morgan fingerprint density at radius 1 is 1.35 bits per heavy atom. The minimum absolute atomic E-state index is 0.0571.